The van der Waals surface area contributed by atoms with Gasteiger partial charge in [0.2, 0.25) is 0 Å². The molecule has 2 atom stereocenters. The fourth-order valence-corrected chi connectivity index (χ4v) is 1.69. The Labute approximate surface area is 77.7 Å². The van der Waals surface area contributed by atoms with Crippen LogP contribution in [0.15, 0.2) is 0 Å². The van der Waals surface area contributed by atoms with Gasteiger partial charge in [-0.2, -0.15) is 0 Å². The molecule has 1 nitrogen and oxygen atoms in total. The maximum Gasteiger partial charge on any atom is -0.00487 e. The largest absolute Gasteiger partial charge is 0.330 e. The van der Waals surface area contributed by atoms with E-state index in [-0.39, 0.29) is 0 Å². The lowest BCUT2D eigenvalue weighted by Gasteiger charge is -2.20. The van der Waals surface area contributed by atoms with Crippen molar-refractivity contribution in [3.8, 4) is 0 Å². The van der Waals surface area contributed by atoms with Crippen LogP contribution in [-0.4, -0.2) is 6.54 Å². The molecule has 0 spiro atoms. The molecule has 12 heavy (non-hydrogen) atoms. The fraction of sp³-hybridized carbons (Fsp3) is 1.00. The van der Waals surface area contributed by atoms with Gasteiger partial charge >= 0.3 is 0 Å². The second kappa shape index (κ2) is 6.47. The quantitative estimate of drug-likeness (QED) is 0.653. The predicted molar refractivity (Wildman–Crippen MR) is 56.1 cm³/mol. The molecular weight excluding hydrogens is 146 g/mol. The van der Waals surface area contributed by atoms with E-state index in [1.165, 1.54) is 19.3 Å². The standard InChI is InChI=1S/C11H25N/c1-5-10(4)7-11(8-12)6-9(2)3/h9-11H,5-8,12H2,1-4H3. The summed E-state index contributed by atoms with van der Waals surface area (Å²) in [5.74, 6) is 2.39. The van der Waals surface area contributed by atoms with Crippen LogP contribution < -0.4 is 5.73 Å². The Bertz CT molecular complexity index is 99.2. The summed E-state index contributed by atoms with van der Waals surface area (Å²) in [7, 11) is 0. The van der Waals surface area contributed by atoms with Crippen molar-refractivity contribution in [3.05, 3.63) is 0 Å². The predicted octanol–water partition coefficient (Wildman–Crippen LogP) is 3.04. The first-order valence-electron chi connectivity index (χ1n) is 5.30. The summed E-state index contributed by atoms with van der Waals surface area (Å²) in [6.07, 6.45) is 3.89. The topological polar surface area (TPSA) is 26.0 Å². The van der Waals surface area contributed by atoms with E-state index in [9.17, 15) is 0 Å². The SMILES string of the molecule is CCC(C)CC(CN)CC(C)C. The first-order chi connectivity index (χ1) is 5.60. The summed E-state index contributed by atoms with van der Waals surface area (Å²) < 4.78 is 0. The van der Waals surface area contributed by atoms with Gasteiger partial charge in [0.25, 0.3) is 0 Å². The third kappa shape index (κ3) is 5.59. The third-order valence-corrected chi connectivity index (χ3v) is 2.57. The van der Waals surface area contributed by atoms with E-state index >= 15 is 0 Å². The molecule has 0 rings (SSSR count). The lowest BCUT2D eigenvalue weighted by molar-refractivity contribution is 0.334. The van der Waals surface area contributed by atoms with Crippen LogP contribution in [-0.2, 0) is 0 Å². The van der Waals surface area contributed by atoms with Crippen LogP contribution >= 0.6 is 0 Å². The monoisotopic (exact) mass is 171 g/mol. The van der Waals surface area contributed by atoms with Crippen LogP contribution in [0.5, 0.6) is 0 Å². The van der Waals surface area contributed by atoms with E-state index < -0.39 is 0 Å². The van der Waals surface area contributed by atoms with Crippen molar-refractivity contribution in [3.63, 3.8) is 0 Å². The molecule has 0 aliphatic carbocycles. The van der Waals surface area contributed by atoms with Gasteiger partial charge in [-0.25, -0.2) is 0 Å². The summed E-state index contributed by atoms with van der Waals surface area (Å²) in [6, 6.07) is 0. The van der Waals surface area contributed by atoms with Gasteiger partial charge < -0.3 is 5.73 Å². The first-order valence-corrected chi connectivity index (χ1v) is 5.30. The molecule has 0 saturated heterocycles. The van der Waals surface area contributed by atoms with Gasteiger partial charge in [-0.1, -0.05) is 34.1 Å². The first kappa shape index (κ1) is 12.0. The second-order valence-corrected chi connectivity index (χ2v) is 4.48. The Kier molecular flexibility index (Phi) is 6.45. The molecule has 1 heteroatoms. The van der Waals surface area contributed by atoms with E-state index in [1.807, 2.05) is 0 Å². The normalized spacial score (nSPS) is 16.5. The summed E-state index contributed by atoms with van der Waals surface area (Å²) in [5.41, 5.74) is 5.72. The summed E-state index contributed by atoms with van der Waals surface area (Å²) in [6.45, 7) is 10.00. The average Bonchev–Trinajstić information content (AvgIpc) is 2.02. The van der Waals surface area contributed by atoms with Crippen LogP contribution in [0.2, 0.25) is 0 Å². The van der Waals surface area contributed by atoms with E-state index in [4.69, 9.17) is 5.73 Å². The molecule has 0 saturated carbocycles. The van der Waals surface area contributed by atoms with E-state index in [1.54, 1.807) is 0 Å². The molecule has 0 bridgehead atoms. The van der Waals surface area contributed by atoms with Crippen LogP contribution in [0.1, 0.15) is 47.0 Å². The highest BCUT2D eigenvalue weighted by Crippen LogP contribution is 2.20. The molecule has 2 N–H and O–H groups in total. The second-order valence-electron chi connectivity index (χ2n) is 4.48. The van der Waals surface area contributed by atoms with Crippen molar-refractivity contribution in [2.45, 2.75) is 47.0 Å². The van der Waals surface area contributed by atoms with Crippen molar-refractivity contribution in [2.24, 2.45) is 23.5 Å². The van der Waals surface area contributed by atoms with E-state index in [0.29, 0.717) is 0 Å². The van der Waals surface area contributed by atoms with Gasteiger partial charge in [-0.15, -0.1) is 0 Å². The number of nitrogens with two attached hydrogens (primary N) is 1. The Morgan fingerprint density at radius 1 is 1.08 bits per heavy atom. The van der Waals surface area contributed by atoms with E-state index in [2.05, 4.69) is 27.7 Å². The van der Waals surface area contributed by atoms with Crippen LogP contribution in [0.25, 0.3) is 0 Å². The number of hydrogen-bond donors (Lipinski definition) is 1. The van der Waals surface area contributed by atoms with Crippen LogP contribution in [0.4, 0.5) is 0 Å². The minimum absolute atomic E-state index is 0.750. The Morgan fingerprint density at radius 3 is 2.00 bits per heavy atom. The summed E-state index contributed by atoms with van der Waals surface area (Å²) in [5, 5.41) is 0. The third-order valence-electron chi connectivity index (χ3n) is 2.57. The van der Waals surface area contributed by atoms with Gasteiger partial charge in [0.05, 0.1) is 0 Å². The zero-order chi connectivity index (χ0) is 9.56. The molecule has 0 fully saturated rings. The molecule has 0 aliphatic heterocycles. The minimum atomic E-state index is 0.750. The number of rotatable bonds is 6. The molecular formula is C11H25N. The molecule has 0 aromatic heterocycles. The highest BCUT2D eigenvalue weighted by Gasteiger charge is 2.11. The molecule has 0 aromatic carbocycles. The maximum atomic E-state index is 5.72. The van der Waals surface area contributed by atoms with Crippen molar-refractivity contribution in [1.29, 1.82) is 0 Å². The van der Waals surface area contributed by atoms with Crippen molar-refractivity contribution < 1.29 is 0 Å². The summed E-state index contributed by atoms with van der Waals surface area (Å²) >= 11 is 0. The lowest BCUT2D eigenvalue weighted by Crippen LogP contribution is -2.18. The van der Waals surface area contributed by atoms with Crippen LogP contribution in [0, 0.1) is 17.8 Å². The van der Waals surface area contributed by atoms with Crippen molar-refractivity contribution in [2.75, 3.05) is 6.54 Å². The molecule has 0 aromatic rings. The molecule has 0 aliphatic rings. The minimum Gasteiger partial charge on any atom is -0.330 e. The van der Waals surface area contributed by atoms with Gasteiger partial charge in [0.1, 0.15) is 0 Å². The Morgan fingerprint density at radius 2 is 1.67 bits per heavy atom. The zero-order valence-electron chi connectivity index (χ0n) is 9.14. The van der Waals surface area contributed by atoms with Crippen LogP contribution in [0.3, 0.4) is 0 Å². The number of hydrogen-bond acceptors (Lipinski definition) is 1. The highest BCUT2D eigenvalue weighted by molar-refractivity contribution is 4.65. The zero-order valence-corrected chi connectivity index (χ0v) is 9.14. The smallest absolute Gasteiger partial charge is 0.00487 e. The molecule has 0 radical (unpaired) electrons. The molecule has 2 unspecified atom stereocenters. The fourth-order valence-electron chi connectivity index (χ4n) is 1.69. The van der Waals surface area contributed by atoms with Gasteiger partial charge in [-0.3, -0.25) is 0 Å². The Balaban J connectivity index is 3.66. The van der Waals surface area contributed by atoms with Crippen molar-refractivity contribution >= 4 is 0 Å². The molecule has 0 heterocycles. The van der Waals surface area contributed by atoms with Crippen molar-refractivity contribution in [1.82, 2.24) is 0 Å². The highest BCUT2D eigenvalue weighted by atomic mass is 14.5. The van der Waals surface area contributed by atoms with Gasteiger partial charge in [-0.05, 0) is 37.1 Å². The molecule has 74 valence electrons. The average molecular weight is 171 g/mol. The van der Waals surface area contributed by atoms with E-state index in [0.717, 1.165) is 24.3 Å². The maximum absolute atomic E-state index is 5.72. The van der Waals surface area contributed by atoms with Gasteiger partial charge in [0.15, 0.2) is 0 Å². The Hall–Kier alpha value is -0.0400. The van der Waals surface area contributed by atoms with Gasteiger partial charge in [0, 0.05) is 0 Å². The lowest BCUT2D eigenvalue weighted by atomic mass is 9.88. The molecule has 0 amide bonds. The summed E-state index contributed by atoms with van der Waals surface area (Å²) in [4.78, 5) is 0.